The van der Waals surface area contributed by atoms with Gasteiger partial charge in [0.15, 0.2) is 0 Å². The van der Waals surface area contributed by atoms with Crippen LogP contribution in [0.3, 0.4) is 0 Å². The predicted octanol–water partition coefficient (Wildman–Crippen LogP) is 0.885. The molecule has 11 heavy (non-hydrogen) atoms. The summed E-state index contributed by atoms with van der Waals surface area (Å²) in [6, 6.07) is 1.48. The summed E-state index contributed by atoms with van der Waals surface area (Å²) in [4.78, 5) is 15.8. The molecule has 0 aliphatic carbocycles. The first kappa shape index (κ1) is 10.1. The maximum atomic E-state index is 8.58. The van der Waals surface area contributed by atoms with Crippen molar-refractivity contribution in [2.45, 2.75) is 0 Å². The summed E-state index contributed by atoms with van der Waals surface area (Å²) in [7, 11) is 0. The van der Waals surface area contributed by atoms with Gasteiger partial charge in [-0.1, -0.05) is 23.2 Å². The number of nitrogens with two attached hydrogens (primary N) is 1. The number of halogens is 2. The number of carbonyl (C=O) groups is 1. The fourth-order valence-corrected chi connectivity index (χ4v) is 0.662. The Balaban J connectivity index is 0.000000292. The summed E-state index contributed by atoms with van der Waals surface area (Å²) in [5.74, 6) is 0. The first-order valence-corrected chi connectivity index (χ1v) is 3.24. The van der Waals surface area contributed by atoms with Gasteiger partial charge in [0.1, 0.15) is 16.6 Å². The Hall–Kier alpha value is -0.870. The van der Waals surface area contributed by atoms with E-state index >= 15 is 0 Å². The van der Waals surface area contributed by atoms with Crippen LogP contribution in [0.5, 0.6) is 0 Å². The normalized spacial score (nSPS) is 7.82. The van der Waals surface area contributed by atoms with Crippen LogP contribution in [0.15, 0.2) is 12.4 Å². The van der Waals surface area contributed by atoms with E-state index in [9.17, 15) is 0 Å². The average molecular weight is 194 g/mol. The number of nitrogens with zero attached hydrogens (tertiary/aromatic N) is 2. The first-order chi connectivity index (χ1) is 5.20. The molecule has 1 aromatic rings. The maximum absolute atomic E-state index is 8.58. The molecule has 0 aliphatic rings. The molecule has 6 heteroatoms. The molecule has 0 fully saturated rings. The molecule has 0 saturated heterocycles. The third kappa shape index (κ3) is 5.57. The third-order valence-electron chi connectivity index (χ3n) is 0.600. The summed E-state index contributed by atoms with van der Waals surface area (Å²) in [5.41, 5.74) is 4.17. The third-order valence-corrected chi connectivity index (χ3v) is 1.01. The van der Waals surface area contributed by atoms with Gasteiger partial charge in [-0.3, -0.25) is 4.79 Å². The molecule has 0 aromatic carbocycles. The van der Waals surface area contributed by atoms with E-state index in [1.807, 2.05) is 0 Å². The van der Waals surface area contributed by atoms with Gasteiger partial charge >= 0.3 is 0 Å². The summed E-state index contributed by atoms with van der Waals surface area (Å²) in [5, 5.41) is 0.731. The van der Waals surface area contributed by atoms with E-state index in [0.29, 0.717) is 10.3 Å². The lowest BCUT2D eigenvalue weighted by Gasteiger charge is -1.85. The molecule has 0 bridgehead atoms. The van der Waals surface area contributed by atoms with Gasteiger partial charge in [-0.15, -0.1) is 0 Å². The topological polar surface area (TPSA) is 68.9 Å². The molecule has 0 saturated carbocycles. The quantitative estimate of drug-likeness (QED) is 0.492. The Morgan fingerprint density at radius 2 is 1.73 bits per heavy atom. The number of hydrogen-bond acceptors (Lipinski definition) is 3. The Morgan fingerprint density at radius 1 is 1.36 bits per heavy atom. The molecular weight excluding hydrogens is 189 g/mol. The van der Waals surface area contributed by atoms with Crippen LogP contribution in [0.25, 0.3) is 0 Å². The average Bonchev–Trinajstić information content (AvgIpc) is 1.88. The SMILES string of the molecule is Clc1cc(Cl)ncn1.NC=O. The van der Waals surface area contributed by atoms with Crippen molar-refractivity contribution in [3.05, 3.63) is 22.7 Å². The lowest BCUT2D eigenvalue weighted by atomic mass is 10.7. The first-order valence-electron chi connectivity index (χ1n) is 2.49. The fraction of sp³-hybridized carbons (Fsp3) is 0. The maximum Gasteiger partial charge on any atom is 0.204 e. The van der Waals surface area contributed by atoms with Crippen LogP contribution in [-0.4, -0.2) is 16.4 Å². The molecule has 60 valence electrons. The van der Waals surface area contributed by atoms with E-state index in [2.05, 4.69) is 15.7 Å². The van der Waals surface area contributed by atoms with Crippen LogP contribution in [-0.2, 0) is 4.79 Å². The summed E-state index contributed by atoms with van der Waals surface area (Å²) < 4.78 is 0. The Bertz CT molecular complexity index is 213. The largest absolute Gasteiger partial charge is 0.372 e. The zero-order valence-electron chi connectivity index (χ0n) is 5.37. The predicted molar refractivity (Wildman–Crippen MR) is 42.3 cm³/mol. The van der Waals surface area contributed by atoms with Crippen molar-refractivity contribution < 1.29 is 4.79 Å². The molecule has 0 unspecified atom stereocenters. The molecule has 0 atom stereocenters. The van der Waals surface area contributed by atoms with Crippen molar-refractivity contribution in [3.8, 4) is 0 Å². The molecule has 1 amide bonds. The van der Waals surface area contributed by atoms with Gasteiger partial charge in [-0.25, -0.2) is 9.97 Å². The second-order valence-corrected chi connectivity index (χ2v) is 2.07. The van der Waals surface area contributed by atoms with Gasteiger partial charge in [-0.2, -0.15) is 0 Å². The standard InChI is InChI=1S/C4H2Cl2N2.CH3NO/c5-3-1-4(6)8-2-7-3;2-1-3/h1-2H;1H,(H2,2,3). The van der Waals surface area contributed by atoms with Gasteiger partial charge in [0.2, 0.25) is 6.41 Å². The second kappa shape index (κ2) is 5.88. The zero-order chi connectivity index (χ0) is 8.69. The Morgan fingerprint density at radius 3 is 1.91 bits per heavy atom. The van der Waals surface area contributed by atoms with Crippen LogP contribution in [0, 0.1) is 0 Å². The number of primary amides is 1. The molecule has 0 radical (unpaired) electrons. The van der Waals surface area contributed by atoms with Gasteiger partial charge < -0.3 is 5.73 Å². The van der Waals surface area contributed by atoms with Gasteiger partial charge in [0.25, 0.3) is 0 Å². The highest BCUT2D eigenvalue weighted by atomic mass is 35.5. The number of rotatable bonds is 0. The molecule has 0 spiro atoms. The summed E-state index contributed by atoms with van der Waals surface area (Å²) >= 11 is 10.8. The van der Waals surface area contributed by atoms with E-state index in [1.54, 1.807) is 0 Å². The Kier molecular flexibility index (Phi) is 5.42. The molecule has 1 aromatic heterocycles. The van der Waals surface area contributed by atoms with Crippen molar-refractivity contribution in [2.75, 3.05) is 0 Å². The minimum Gasteiger partial charge on any atom is -0.372 e. The molecular formula is C5H5Cl2N3O. The van der Waals surface area contributed by atoms with Crippen LogP contribution in [0.2, 0.25) is 10.3 Å². The lowest BCUT2D eigenvalue weighted by Crippen LogP contribution is -1.82. The van der Waals surface area contributed by atoms with Gasteiger partial charge in [0, 0.05) is 6.07 Å². The summed E-state index contributed by atoms with van der Waals surface area (Å²) in [6.07, 6.45) is 1.56. The van der Waals surface area contributed by atoms with Crippen molar-refractivity contribution in [1.29, 1.82) is 0 Å². The highest BCUT2D eigenvalue weighted by Gasteiger charge is 1.87. The minimum atomic E-state index is 0.250. The minimum absolute atomic E-state index is 0.250. The monoisotopic (exact) mass is 193 g/mol. The van der Waals surface area contributed by atoms with E-state index in [4.69, 9.17) is 28.0 Å². The Labute approximate surface area is 73.3 Å². The van der Waals surface area contributed by atoms with Crippen molar-refractivity contribution in [2.24, 2.45) is 5.73 Å². The van der Waals surface area contributed by atoms with Crippen molar-refractivity contribution in [3.63, 3.8) is 0 Å². The highest BCUT2D eigenvalue weighted by molar-refractivity contribution is 6.33. The fourth-order valence-electron chi connectivity index (χ4n) is 0.312. The van der Waals surface area contributed by atoms with E-state index in [-0.39, 0.29) is 6.41 Å². The number of aromatic nitrogens is 2. The molecule has 0 aliphatic heterocycles. The van der Waals surface area contributed by atoms with Gasteiger partial charge in [-0.05, 0) is 0 Å². The number of hydrogen-bond donors (Lipinski definition) is 1. The van der Waals surface area contributed by atoms with Gasteiger partial charge in [0.05, 0.1) is 0 Å². The molecule has 2 N–H and O–H groups in total. The molecule has 1 rings (SSSR count). The van der Waals surface area contributed by atoms with E-state index in [0.717, 1.165) is 0 Å². The number of amides is 1. The highest BCUT2D eigenvalue weighted by Crippen LogP contribution is 2.07. The molecule has 4 nitrogen and oxygen atoms in total. The van der Waals surface area contributed by atoms with Crippen LogP contribution in [0.1, 0.15) is 0 Å². The van der Waals surface area contributed by atoms with Crippen LogP contribution < -0.4 is 5.73 Å². The summed E-state index contributed by atoms with van der Waals surface area (Å²) in [6.45, 7) is 0. The lowest BCUT2D eigenvalue weighted by molar-refractivity contribution is -0.106. The van der Waals surface area contributed by atoms with Crippen LogP contribution >= 0.6 is 23.2 Å². The van der Waals surface area contributed by atoms with Crippen molar-refractivity contribution >= 4 is 29.6 Å². The molecule has 1 heterocycles. The smallest absolute Gasteiger partial charge is 0.204 e. The van der Waals surface area contributed by atoms with Crippen LogP contribution in [0.4, 0.5) is 0 Å². The zero-order valence-corrected chi connectivity index (χ0v) is 6.88. The number of carbonyl (C=O) groups excluding carboxylic acids is 1. The van der Waals surface area contributed by atoms with Crippen molar-refractivity contribution in [1.82, 2.24) is 9.97 Å². The van der Waals surface area contributed by atoms with E-state index in [1.165, 1.54) is 12.4 Å². The van der Waals surface area contributed by atoms with E-state index < -0.39 is 0 Å². The second-order valence-electron chi connectivity index (χ2n) is 1.30.